The van der Waals surface area contributed by atoms with Gasteiger partial charge >= 0.3 is 6.03 Å². The predicted octanol–water partition coefficient (Wildman–Crippen LogP) is 4.18. The maximum atomic E-state index is 13.2. The van der Waals surface area contributed by atoms with Gasteiger partial charge in [0.2, 0.25) is 0 Å². The lowest BCUT2D eigenvalue weighted by molar-refractivity contribution is 0.154. The highest BCUT2D eigenvalue weighted by Gasteiger charge is 2.40. The lowest BCUT2D eigenvalue weighted by atomic mass is 9.78. The molecule has 2 unspecified atom stereocenters. The van der Waals surface area contributed by atoms with Gasteiger partial charge in [-0.05, 0) is 51.3 Å². The van der Waals surface area contributed by atoms with Crippen LogP contribution in [0.2, 0.25) is 0 Å². The highest BCUT2D eigenvalue weighted by Crippen LogP contribution is 2.35. The maximum absolute atomic E-state index is 13.2. The van der Waals surface area contributed by atoms with E-state index in [2.05, 4.69) is 18.0 Å². The second-order valence-corrected chi connectivity index (χ2v) is 6.44. The average Bonchev–Trinajstić information content (AvgIpc) is 2.46. The number of hydrogen-bond donors (Lipinski definition) is 0. The summed E-state index contributed by atoms with van der Waals surface area (Å²) in [5.41, 5.74) is 2.97. The van der Waals surface area contributed by atoms with Crippen molar-refractivity contribution >= 4 is 11.7 Å². The first-order chi connectivity index (χ1) is 10.5. The number of urea groups is 1. The molecule has 0 N–H and O–H groups in total. The van der Waals surface area contributed by atoms with E-state index in [9.17, 15) is 9.18 Å². The molecule has 2 amide bonds. The molecule has 0 saturated heterocycles. The van der Waals surface area contributed by atoms with E-state index in [4.69, 9.17) is 0 Å². The zero-order valence-electron chi connectivity index (χ0n) is 13.2. The Hall–Kier alpha value is -1.97. The van der Waals surface area contributed by atoms with Crippen LogP contribution in [0.25, 0.3) is 0 Å². The molecular formula is C18H21FN2O. The minimum Gasteiger partial charge on any atom is -0.313 e. The van der Waals surface area contributed by atoms with E-state index in [0.717, 1.165) is 24.1 Å². The number of carbonyl (C=O) groups excluding carboxylic acids is 1. The third kappa shape index (κ3) is 2.58. The number of fused-ring (bicyclic) bond motifs is 1. The molecule has 0 saturated carbocycles. The molecule has 0 fully saturated rings. The SMILES string of the molecule is CC1=CC2C(CC1)C(c1ccc(F)cc1)=NC(=O)N2C(C)C. The molecule has 1 aromatic rings. The van der Waals surface area contributed by atoms with E-state index in [0.29, 0.717) is 0 Å². The number of allylic oxidation sites excluding steroid dienone is 1. The van der Waals surface area contributed by atoms with Gasteiger partial charge in [0.15, 0.2) is 0 Å². The summed E-state index contributed by atoms with van der Waals surface area (Å²) < 4.78 is 13.2. The zero-order chi connectivity index (χ0) is 15.9. The number of rotatable bonds is 2. The molecule has 1 aliphatic carbocycles. The Morgan fingerprint density at radius 2 is 1.95 bits per heavy atom. The van der Waals surface area contributed by atoms with Crippen LogP contribution >= 0.6 is 0 Å². The molecule has 0 spiro atoms. The van der Waals surface area contributed by atoms with Crippen LogP contribution in [0.15, 0.2) is 40.9 Å². The van der Waals surface area contributed by atoms with Crippen LogP contribution in [0.1, 0.15) is 39.2 Å². The number of halogens is 1. The molecule has 0 bridgehead atoms. The molecule has 3 nitrogen and oxygen atoms in total. The topological polar surface area (TPSA) is 32.7 Å². The molecule has 116 valence electrons. The smallest absolute Gasteiger partial charge is 0.313 e. The molecule has 3 rings (SSSR count). The predicted molar refractivity (Wildman–Crippen MR) is 85.6 cm³/mol. The van der Waals surface area contributed by atoms with Gasteiger partial charge in [0.25, 0.3) is 0 Å². The van der Waals surface area contributed by atoms with Crippen molar-refractivity contribution in [3.05, 3.63) is 47.3 Å². The number of amides is 2. The summed E-state index contributed by atoms with van der Waals surface area (Å²) in [5.74, 6) is -0.0829. The van der Waals surface area contributed by atoms with Crippen molar-refractivity contribution in [1.29, 1.82) is 0 Å². The molecule has 1 aromatic carbocycles. The first-order valence-electron chi connectivity index (χ1n) is 7.81. The molecular weight excluding hydrogens is 279 g/mol. The summed E-state index contributed by atoms with van der Waals surface area (Å²) in [6, 6.07) is 6.26. The standard InChI is InChI=1S/C18H21FN2O/c1-11(2)21-16-10-12(3)4-9-15(16)17(20-18(21)22)13-5-7-14(19)8-6-13/h5-8,10-11,15-16H,4,9H2,1-3H3. The first-order valence-corrected chi connectivity index (χ1v) is 7.81. The Labute approximate surface area is 130 Å². The number of aliphatic imine (C=N–C) groups is 1. The van der Waals surface area contributed by atoms with Crippen LogP contribution in [-0.2, 0) is 0 Å². The highest BCUT2D eigenvalue weighted by molar-refractivity contribution is 6.09. The van der Waals surface area contributed by atoms with Gasteiger partial charge in [0.05, 0.1) is 11.8 Å². The quantitative estimate of drug-likeness (QED) is 0.754. The number of nitrogens with zero attached hydrogens (tertiary/aromatic N) is 2. The Bertz CT molecular complexity index is 646. The Kier molecular flexibility index (Phi) is 3.85. The van der Waals surface area contributed by atoms with Gasteiger partial charge in [-0.3, -0.25) is 0 Å². The van der Waals surface area contributed by atoms with E-state index < -0.39 is 0 Å². The Morgan fingerprint density at radius 1 is 1.27 bits per heavy atom. The molecule has 0 aromatic heterocycles. The summed E-state index contributed by atoms with van der Waals surface area (Å²) in [5, 5.41) is 0. The fraction of sp³-hybridized carbons (Fsp3) is 0.444. The van der Waals surface area contributed by atoms with E-state index in [1.807, 2.05) is 18.7 Å². The fourth-order valence-corrected chi connectivity index (χ4v) is 3.45. The van der Waals surface area contributed by atoms with Crippen molar-refractivity contribution in [2.45, 2.75) is 45.7 Å². The van der Waals surface area contributed by atoms with Gasteiger partial charge in [-0.2, -0.15) is 4.99 Å². The van der Waals surface area contributed by atoms with Crippen molar-refractivity contribution < 1.29 is 9.18 Å². The third-order valence-corrected chi connectivity index (χ3v) is 4.52. The minimum atomic E-state index is -0.272. The lowest BCUT2D eigenvalue weighted by Gasteiger charge is -2.43. The van der Waals surface area contributed by atoms with E-state index in [1.165, 1.54) is 17.7 Å². The molecule has 1 heterocycles. The second kappa shape index (κ2) is 5.67. The molecule has 2 atom stereocenters. The normalized spacial score (nSPS) is 25.0. The van der Waals surface area contributed by atoms with Crippen molar-refractivity contribution in [3.8, 4) is 0 Å². The van der Waals surface area contributed by atoms with Gasteiger partial charge in [0.1, 0.15) is 5.82 Å². The molecule has 0 radical (unpaired) electrons. The highest BCUT2D eigenvalue weighted by atomic mass is 19.1. The average molecular weight is 300 g/mol. The molecule has 4 heteroatoms. The summed E-state index contributed by atoms with van der Waals surface area (Å²) >= 11 is 0. The summed E-state index contributed by atoms with van der Waals surface area (Å²) in [4.78, 5) is 18.7. The van der Waals surface area contributed by atoms with E-state index in [-0.39, 0.29) is 29.8 Å². The van der Waals surface area contributed by atoms with Gasteiger partial charge in [-0.1, -0.05) is 23.8 Å². The van der Waals surface area contributed by atoms with Crippen molar-refractivity contribution in [2.24, 2.45) is 10.9 Å². The maximum Gasteiger partial charge on any atom is 0.344 e. The van der Waals surface area contributed by atoms with Crippen LogP contribution in [0.3, 0.4) is 0 Å². The minimum absolute atomic E-state index is 0.0544. The zero-order valence-corrected chi connectivity index (χ0v) is 13.2. The monoisotopic (exact) mass is 300 g/mol. The summed E-state index contributed by atoms with van der Waals surface area (Å²) in [7, 11) is 0. The summed E-state index contributed by atoms with van der Waals surface area (Å²) in [6.45, 7) is 6.15. The van der Waals surface area contributed by atoms with E-state index >= 15 is 0 Å². The third-order valence-electron chi connectivity index (χ3n) is 4.52. The van der Waals surface area contributed by atoms with Crippen molar-refractivity contribution in [2.75, 3.05) is 0 Å². The Morgan fingerprint density at radius 3 is 2.59 bits per heavy atom. The van der Waals surface area contributed by atoms with Crippen LogP contribution in [0.4, 0.5) is 9.18 Å². The van der Waals surface area contributed by atoms with Crippen molar-refractivity contribution in [1.82, 2.24) is 4.90 Å². The van der Waals surface area contributed by atoms with Crippen LogP contribution in [-0.4, -0.2) is 28.7 Å². The summed E-state index contributed by atoms with van der Waals surface area (Å²) in [6.07, 6.45) is 4.19. The van der Waals surface area contributed by atoms with Gasteiger partial charge in [0, 0.05) is 12.0 Å². The largest absolute Gasteiger partial charge is 0.344 e. The van der Waals surface area contributed by atoms with Crippen molar-refractivity contribution in [3.63, 3.8) is 0 Å². The Balaban J connectivity index is 2.06. The lowest BCUT2D eigenvalue weighted by Crippen LogP contribution is -2.53. The van der Waals surface area contributed by atoms with Crippen LogP contribution in [0.5, 0.6) is 0 Å². The van der Waals surface area contributed by atoms with Crippen LogP contribution < -0.4 is 0 Å². The first kappa shape index (κ1) is 14.9. The second-order valence-electron chi connectivity index (χ2n) is 6.44. The van der Waals surface area contributed by atoms with Gasteiger partial charge < -0.3 is 4.90 Å². The number of benzene rings is 1. The van der Waals surface area contributed by atoms with Gasteiger partial charge in [-0.15, -0.1) is 0 Å². The van der Waals surface area contributed by atoms with E-state index in [1.54, 1.807) is 12.1 Å². The fourth-order valence-electron chi connectivity index (χ4n) is 3.45. The van der Waals surface area contributed by atoms with Crippen LogP contribution in [0, 0.1) is 11.7 Å². The number of carbonyl (C=O) groups is 1. The molecule has 2 aliphatic rings. The number of hydrogen-bond acceptors (Lipinski definition) is 1. The molecule has 1 aliphatic heterocycles. The van der Waals surface area contributed by atoms with Gasteiger partial charge in [-0.25, -0.2) is 9.18 Å². The molecule has 22 heavy (non-hydrogen) atoms.